The van der Waals surface area contributed by atoms with E-state index in [1.807, 2.05) is 29.6 Å². The summed E-state index contributed by atoms with van der Waals surface area (Å²) in [4.78, 5) is 21.0. The number of benzene rings is 2. The van der Waals surface area contributed by atoms with Crippen LogP contribution < -0.4 is 20.5 Å². The number of nitrogens with one attached hydrogen (secondary N) is 1. The molecule has 8 nitrogen and oxygen atoms in total. The van der Waals surface area contributed by atoms with E-state index in [1.54, 1.807) is 23.2 Å². The number of halogens is 3. The van der Waals surface area contributed by atoms with Crippen molar-refractivity contribution in [1.82, 2.24) is 19.9 Å². The number of nitrogen functional groups attached to an aromatic ring is 1. The van der Waals surface area contributed by atoms with Crippen molar-refractivity contribution in [2.75, 3.05) is 26.5 Å². The molecule has 11 heteroatoms. The minimum atomic E-state index is -4.55. The van der Waals surface area contributed by atoms with Gasteiger partial charge in [-0.05, 0) is 29.8 Å². The zero-order valence-corrected chi connectivity index (χ0v) is 18.2. The Kier molecular flexibility index (Phi) is 6.01. The number of carbonyl (C=O) groups excluding carboxylic acids is 1. The van der Waals surface area contributed by atoms with Gasteiger partial charge in [-0.1, -0.05) is 6.07 Å². The van der Waals surface area contributed by atoms with Crippen LogP contribution in [0.4, 0.5) is 19.0 Å². The molecule has 0 fully saturated rings. The van der Waals surface area contributed by atoms with Gasteiger partial charge in [0.1, 0.15) is 35.8 Å². The summed E-state index contributed by atoms with van der Waals surface area (Å²) in [5.41, 5.74) is 9.29. The standard InChI is InChI=1S/C23H20F3N5O3/c1-33-18-8-15(9-19(34-2)21(18)22(32)29-11-23(24,25)26)31-12-30-16-7-13(3-5-17(16)31)14-4-6-20(27)28-10-14/h3-10,12H,11H2,1-2H3,(H2,27,28)(H,29,32). The molecule has 4 rings (SSSR count). The highest BCUT2D eigenvalue weighted by Crippen LogP contribution is 2.34. The number of carbonyl (C=O) groups is 1. The van der Waals surface area contributed by atoms with Crippen LogP contribution >= 0.6 is 0 Å². The van der Waals surface area contributed by atoms with Gasteiger partial charge in [-0.25, -0.2) is 9.97 Å². The van der Waals surface area contributed by atoms with Gasteiger partial charge in [0, 0.05) is 23.9 Å². The van der Waals surface area contributed by atoms with Crippen molar-refractivity contribution in [3.8, 4) is 28.3 Å². The molecule has 0 atom stereocenters. The second-order valence-corrected chi connectivity index (χ2v) is 7.31. The average Bonchev–Trinajstić information content (AvgIpc) is 3.25. The minimum absolute atomic E-state index is 0.0560. The molecule has 0 bridgehead atoms. The summed E-state index contributed by atoms with van der Waals surface area (Å²) in [6.45, 7) is -1.47. The lowest BCUT2D eigenvalue weighted by atomic mass is 10.1. The summed E-state index contributed by atoms with van der Waals surface area (Å²) in [6, 6.07) is 12.3. The first-order chi connectivity index (χ1) is 16.2. The molecule has 0 aliphatic rings. The Labute approximate surface area is 192 Å². The lowest BCUT2D eigenvalue weighted by molar-refractivity contribution is -0.123. The fourth-order valence-electron chi connectivity index (χ4n) is 3.50. The van der Waals surface area contributed by atoms with Gasteiger partial charge in [0.15, 0.2) is 0 Å². The van der Waals surface area contributed by atoms with E-state index in [4.69, 9.17) is 15.2 Å². The minimum Gasteiger partial charge on any atom is -0.496 e. The number of hydrogen-bond acceptors (Lipinski definition) is 6. The molecule has 2 aromatic heterocycles. The molecule has 4 aromatic rings. The van der Waals surface area contributed by atoms with Crippen LogP contribution in [0, 0.1) is 0 Å². The summed E-state index contributed by atoms with van der Waals surface area (Å²) < 4.78 is 50.0. The van der Waals surface area contributed by atoms with E-state index in [-0.39, 0.29) is 17.1 Å². The van der Waals surface area contributed by atoms with E-state index in [0.29, 0.717) is 17.0 Å². The number of nitrogens with zero attached hydrogens (tertiary/aromatic N) is 3. The Morgan fingerprint density at radius 1 is 1.03 bits per heavy atom. The van der Waals surface area contributed by atoms with E-state index in [1.165, 1.54) is 26.4 Å². The summed E-state index contributed by atoms with van der Waals surface area (Å²) >= 11 is 0. The number of hydrogen-bond donors (Lipinski definition) is 2. The molecular formula is C23H20F3N5O3. The largest absolute Gasteiger partial charge is 0.496 e. The Hall–Kier alpha value is -4.28. The molecule has 0 saturated carbocycles. The molecule has 2 heterocycles. The van der Waals surface area contributed by atoms with Crippen LogP contribution in [-0.4, -0.2) is 47.4 Å². The number of rotatable bonds is 6. The molecule has 3 N–H and O–H groups in total. The normalized spacial score (nSPS) is 11.4. The quantitative estimate of drug-likeness (QED) is 0.441. The highest BCUT2D eigenvalue weighted by atomic mass is 19.4. The highest BCUT2D eigenvalue weighted by molar-refractivity contribution is 6.00. The van der Waals surface area contributed by atoms with Crippen molar-refractivity contribution in [1.29, 1.82) is 0 Å². The first-order valence-corrected chi connectivity index (χ1v) is 10.0. The van der Waals surface area contributed by atoms with Crippen LogP contribution in [0.5, 0.6) is 11.5 Å². The van der Waals surface area contributed by atoms with Crippen molar-refractivity contribution in [3.63, 3.8) is 0 Å². The van der Waals surface area contributed by atoms with Crippen LogP contribution in [0.3, 0.4) is 0 Å². The topological polar surface area (TPSA) is 104 Å². The Morgan fingerprint density at radius 3 is 2.29 bits per heavy atom. The number of aromatic nitrogens is 3. The molecular weight excluding hydrogens is 451 g/mol. The zero-order valence-electron chi connectivity index (χ0n) is 18.2. The highest BCUT2D eigenvalue weighted by Gasteiger charge is 2.30. The van der Waals surface area contributed by atoms with Gasteiger partial charge in [0.25, 0.3) is 5.91 Å². The zero-order chi connectivity index (χ0) is 24.5. The molecule has 0 saturated heterocycles. The summed E-state index contributed by atoms with van der Waals surface area (Å²) in [5.74, 6) is -0.428. The van der Waals surface area contributed by atoms with Crippen molar-refractivity contribution in [2.45, 2.75) is 6.18 Å². The Bertz CT molecular complexity index is 1330. The number of methoxy groups -OCH3 is 2. The van der Waals surface area contributed by atoms with Crippen LogP contribution in [0.15, 0.2) is 55.0 Å². The summed E-state index contributed by atoms with van der Waals surface area (Å²) in [5, 5.41) is 1.84. The smallest absolute Gasteiger partial charge is 0.405 e. The second-order valence-electron chi connectivity index (χ2n) is 7.31. The molecule has 0 aliphatic carbocycles. The third kappa shape index (κ3) is 4.58. The number of anilines is 1. The summed E-state index contributed by atoms with van der Waals surface area (Å²) in [6.07, 6.45) is -1.29. The van der Waals surface area contributed by atoms with Gasteiger partial charge in [-0.3, -0.25) is 9.36 Å². The third-order valence-electron chi connectivity index (χ3n) is 5.11. The molecule has 0 spiro atoms. The number of amides is 1. The number of imidazole rings is 1. The van der Waals surface area contributed by atoms with Gasteiger partial charge in [-0.2, -0.15) is 13.2 Å². The molecule has 1 amide bonds. The number of ether oxygens (including phenoxy) is 2. The van der Waals surface area contributed by atoms with Crippen molar-refractivity contribution in [3.05, 3.63) is 60.6 Å². The van der Waals surface area contributed by atoms with Crippen LogP contribution in [0.1, 0.15) is 10.4 Å². The fraction of sp³-hybridized carbons (Fsp3) is 0.174. The fourth-order valence-corrected chi connectivity index (χ4v) is 3.50. The van der Waals surface area contributed by atoms with Crippen molar-refractivity contribution in [2.24, 2.45) is 0 Å². The molecule has 0 radical (unpaired) electrons. The number of pyridine rings is 1. The van der Waals surface area contributed by atoms with E-state index in [2.05, 4.69) is 9.97 Å². The lowest BCUT2D eigenvalue weighted by Gasteiger charge is -2.16. The van der Waals surface area contributed by atoms with Gasteiger partial charge >= 0.3 is 6.18 Å². The number of nitrogens with two attached hydrogens (primary N) is 1. The predicted octanol–water partition coefficient (Wildman–Crippen LogP) is 3.98. The van der Waals surface area contributed by atoms with E-state index < -0.39 is 18.6 Å². The predicted molar refractivity (Wildman–Crippen MR) is 120 cm³/mol. The maximum atomic E-state index is 12.6. The van der Waals surface area contributed by atoms with E-state index in [9.17, 15) is 18.0 Å². The molecule has 0 unspecified atom stereocenters. The monoisotopic (exact) mass is 471 g/mol. The first kappa shape index (κ1) is 22.9. The number of fused-ring (bicyclic) bond motifs is 1. The second kappa shape index (κ2) is 8.93. The van der Waals surface area contributed by atoms with Crippen LogP contribution in [0.2, 0.25) is 0 Å². The van der Waals surface area contributed by atoms with Crippen LogP contribution in [0.25, 0.3) is 27.8 Å². The van der Waals surface area contributed by atoms with E-state index >= 15 is 0 Å². The molecule has 34 heavy (non-hydrogen) atoms. The van der Waals surface area contributed by atoms with Crippen molar-refractivity contribution < 1.29 is 27.4 Å². The average molecular weight is 471 g/mol. The van der Waals surface area contributed by atoms with Crippen LogP contribution in [-0.2, 0) is 0 Å². The first-order valence-electron chi connectivity index (χ1n) is 10.0. The Balaban J connectivity index is 1.73. The SMILES string of the molecule is COc1cc(-n2cnc3cc(-c4ccc(N)nc4)ccc32)cc(OC)c1C(=O)NCC(F)(F)F. The molecule has 2 aromatic carbocycles. The van der Waals surface area contributed by atoms with E-state index in [0.717, 1.165) is 16.6 Å². The maximum absolute atomic E-state index is 12.6. The van der Waals surface area contributed by atoms with Gasteiger partial charge in [0.05, 0.1) is 30.9 Å². The Morgan fingerprint density at radius 2 is 1.71 bits per heavy atom. The number of alkyl halides is 3. The van der Waals surface area contributed by atoms with Gasteiger partial charge < -0.3 is 20.5 Å². The third-order valence-corrected chi connectivity index (χ3v) is 5.11. The maximum Gasteiger partial charge on any atom is 0.405 e. The van der Waals surface area contributed by atoms with Gasteiger partial charge in [-0.15, -0.1) is 0 Å². The molecule has 176 valence electrons. The lowest BCUT2D eigenvalue weighted by Crippen LogP contribution is -2.34. The molecule has 0 aliphatic heterocycles. The summed E-state index contributed by atoms with van der Waals surface area (Å²) in [7, 11) is 2.63. The van der Waals surface area contributed by atoms with Crippen molar-refractivity contribution >= 4 is 22.8 Å². The van der Waals surface area contributed by atoms with Gasteiger partial charge in [0.2, 0.25) is 0 Å².